The first-order valence-electron chi connectivity index (χ1n) is 7.84. The van der Waals surface area contributed by atoms with Gasteiger partial charge in [0.05, 0.1) is 12.1 Å². The van der Waals surface area contributed by atoms with Gasteiger partial charge in [-0.15, -0.1) is 0 Å². The number of amides is 2. The van der Waals surface area contributed by atoms with Crippen molar-refractivity contribution in [3.8, 4) is 0 Å². The molecule has 0 spiro atoms. The van der Waals surface area contributed by atoms with Crippen molar-refractivity contribution in [2.45, 2.75) is 18.9 Å². The van der Waals surface area contributed by atoms with Crippen molar-refractivity contribution < 1.29 is 19.1 Å². The van der Waals surface area contributed by atoms with Gasteiger partial charge < -0.3 is 19.9 Å². The van der Waals surface area contributed by atoms with Crippen LogP contribution in [0.1, 0.15) is 23.2 Å². The maximum Gasteiger partial charge on any atom is 0.338 e. The molecule has 7 heteroatoms. The highest BCUT2D eigenvalue weighted by Crippen LogP contribution is 2.18. The summed E-state index contributed by atoms with van der Waals surface area (Å²) in [4.78, 5) is 38.7. The molecule has 1 aliphatic carbocycles. The highest BCUT2D eigenvalue weighted by atomic mass is 16.5. The second-order valence-corrected chi connectivity index (χ2v) is 6.11. The summed E-state index contributed by atoms with van der Waals surface area (Å²) in [5.41, 5.74) is 1.34. The van der Waals surface area contributed by atoms with Crippen LogP contribution in [-0.2, 0) is 14.3 Å². The van der Waals surface area contributed by atoms with Crippen LogP contribution < -0.4 is 10.2 Å². The Bertz CT molecular complexity index is 609. The summed E-state index contributed by atoms with van der Waals surface area (Å²) in [5, 5.41) is 2.80. The monoisotopic (exact) mass is 333 g/mol. The molecule has 2 amide bonds. The molecule has 1 aromatic rings. The van der Waals surface area contributed by atoms with Crippen LogP contribution in [0.4, 0.5) is 5.69 Å². The number of rotatable bonds is 7. The lowest BCUT2D eigenvalue weighted by Crippen LogP contribution is -2.40. The average Bonchev–Trinajstić information content (AvgIpc) is 3.35. The zero-order valence-electron chi connectivity index (χ0n) is 14.2. The zero-order chi connectivity index (χ0) is 17.7. The second kappa shape index (κ2) is 7.81. The zero-order valence-corrected chi connectivity index (χ0v) is 14.2. The lowest BCUT2D eigenvalue weighted by Gasteiger charge is -2.17. The van der Waals surface area contributed by atoms with E-state index >= 15 is 0 Å². The van der Waals surface area contributed by atoms with E-state index in [0.29, 0.717) is 5.56 Å². The van der Waals surface area contributed by atoms with Crippen molar-refractivity contribution in [3.63, 3.8) is 0 Å². The van der Waals surface area contributed by atoms with Gasteiger partial charge in [-0.2, -0.15) is 0 Å². The van der Waals surface area contributed by atoms with Gasteiger partial charge in [0.25, 0.3) is 5.91 Å². The highest BCUT2D eigenvalue weighted by molar-refractivity contribution is 5.92. The number of likely N-dealkylation sites (N-methyl/N-ethyl adjacent to an activating group) is 1. The Balaban J connectivity index is 1.77. The van der Waals surface area contributed by atoms with Crippen molar-refractivity contribution in [3.05, 3.63) is 29.8 Å². The fraction of sp³-hybridized carbons (Fsp3) is 0.471. The molecule has 0 bridgehead atoms. The van der Waals surface area contributed by atoms with Gasteiger partial charge in [-0.05, 0) is 37.1 Å². The number of esters is 1. The van der Waals surface area contributed by atoms with E-state index in [0.717, 1.165) is 18.5 Å². The van der Waals surface area contributed by atoms with Crippen LogP contribution in [0, 0.1) is 0 Å². The van der Waals surface area contributed by atoms with Crippen molar-refractivity contribution in [1.82, 2.24) is 10.2 Å². The SMILES string of the molecule is CN(CC(=O)NC1CC1)C(=O)COC(=O)c1ccc(N(C)C)cc1. The predicted molar refractivity (Wildman–Crippen MR) is 89.9 cm³/mol. The smallest absolute Gasteiger partial charge is 0.338 e. The molecule has 24 heavy (non-hydrogen) atoms. The van der Waals surface area contributed by atoms with E-state index in [9.17, 15) is 14.4 Å². The molecular weight excluding hydrogens is 310 g/mol. The molecule has 0 saturated heterocycles. The van der Waals surface area contributed by atoms with Crippen molar-refractivity contribution in [2.24, 2.45) is 0 Å². The molecule has 0 radical (unpaired) electrons. The Hall–Kier alpha value is -2.57. The fourth-order valence-corrected chi connectivity index (χ4v) is 2.02. The number of nitrogens with zero attached hydrogens (tertiary/aromatic N) is 2. The Kier molecular flexibility index (Phi) is 5.78. The van der Waals surface area contributed by atoms with Gasteiger partial charge in [-0.1, -0.05) is 0 Å². The number of nitrogens with one attached hydrogen (secondary N) is 1. The first-order chi connectivity index (χ1) is 11.4. The molecule has 0 aliphatic heterocycles. The van der Waals surface area contributed by atoms with Gasteiger partial charge in [0.2, 0.25) is 5.91 Å². The van der Waals surface area contributed by atoms with Crippen LogP contribution in [-0.4, -0.2) is 63.0 Å². The highest BCUT2D eigenvalue weighted by Gasteiger charge is 2.24. The van der Waals surface area contributed by atoms with E-state index in [2.05, 4.69) is 5.32 Å². The number of carbonyl (C=O) groups is 3. The lowest BCUT2D eigenvalue weighted by atomic mass is 10.2. The molecule has 0 atom stereocenters. The second-order valence-electron chi connectivity index (χ2n) is 6.11. The van der Waals surface area contributed by atoms with Crippen LogP contribution in [0.2, 0.25) is 0 Å². The third kappa shape index (κ3) is 5.26. The van der Waals surface area contributed by atoms with Gasteiger partial charge in [0.15, 0.2) is 6.61 Å². The number of hydrogen-bond acceptors (Lipinski definition) is 5. The summed E-state index contributed by atoms with van der Waals surface area (Å²) in [5.74, 6) is -1.18. The van der Waals surface area contributed by atoms with E-state index < -0.39 is 11.9 Å². The first-order valence-corrected chi connectivity index (χ1v) is 7.84. The number of anilines is 1. The van der Waals surface area contributed by atoms with Crippen LogP contribution in [0.3, 0.4) is 0 Å². The van der Waals surface area contributed by atoms with Gasteiger partial charge in [-0.3, -0.25) is 9.59 Å². The maximum atomic E-state index is 11.9. The quantitative estimate of drug-likeness (QED) is 0.741. The molecule has 1 aliphatic rings. The minimum Gasteiger partial charge on any atom is -0.452 e. The number of ether oxygens (including phenoxy) is 1. The molecule has 1 fully saturated rings. The fourth-order valence-electron chi connectivity index (χ4n) is 2.02. The molecule has 1 aromatic carbocycles. The number of carbonyl (C=O) groups excluding carboxylic acids is 3. The third-order valence-electron chi connectivity index (χ3n) is 3.70. The molecule has 130 valence electrons. The Labute approximate surface area is 141 Å². The summed E-state index contributed by atoms with van der Waals surface area (Å²) in [6, 6.07) is 7.15. The van der Waals surface area contributed by atoms with Crippen LogP contribution in [0.15, 0.2) is 24.3 Å². The van der Waals surface area contributed by atoms with Crippen molar-refractivity contribution in [2.75, 3.05) is 39.2 Å². The number of benzene rings is 1. The molecule has 1 saturated carbocycles. The van der Waals surface area contributed by atoms with E-state index in [4.69, 9.17) is 4.74 Å². The number of hydrogen-bond donors (Lipinski definition) is 1. The van der Waals surface area contributed by atoms with Gasteiger partial charge in [0.1, 0.15) is 0 Å². The Morgan fingerprint density at radius 3 is 2.29 bits per heavy atom. The van der Waals surface area contributed by atoms with Gasteiger partial charge in [-0.25, -0.2) is 4.79 Å². The standard InChI is InChI=1S/C17H23N3O4/c1-19(2)14-8-4-12(5-9-14)17(23)24-11-16(22)20(3)10-15(21)18-13-6-7-13/h4-5,8-9,13H,6-7,10-11H2,1-3H3,(H,18,21). The summed E-state index contributed by atoms with van der Waals surface area (Å²) in [6.45, 7) is -0.425. The molecular formula is C17H23N3O4. The van der Waals surface area contributed by atoms with E-state index in [-0.39, 0.29) is 25.1 Å². The topological polar surface area (TPSA) is 79.0 Å². The first kappa shape index (κ1) is 17.8. The lowest BCUT2D eigenvalue weighted by molar-refractivity contribution is -0.137. The van der Waals surface area contributed by atoms with E-state index in [1.807, 2.05) is 19.0 Å². The molecule has 2 rings (SSSR count). The molecule has 1 N–H and O–H groups in total. The summed E-state index contributed by atoms with van der Waals surface area (Å²) < 4.78 is 5.01. The van der Waals surface area contributed by atoms with Crippen molar-refractivity contribution in [1.29, 1.82) is 0 Å². The summed E-state index contributed by atoms with van der Waals surface area (Å²) >= 11 is 0. The molecule has 0 aromatic heterocycles. The van der Waals surface area contributed by atoms with Gasteiger partial charge in [0, 0.05) is 32.9 Å². The Morgan fingerprint density at radius 1 is 1.12 bits per heavy atom. The van der Waals surface area contributed by atoms with Crippen molar-refractivity contribution >= 4 is 23.5 Å². The third-order valence-corrected chi connectivity index (χ3v) is 3.70. The normalized spacial score (nSPS) is 13.1. The summed E-state index contributed by atoms with van der Waals surface area (Å²) in [7, 11) is 5.32. The van der Waals surface area contributed by atoms with Crippen LogP contribution in [0.25, 0.3) is 0 Å². The predicted octanol–water partition coefficient (Wildman–Crippen LogP) is 0.646. The van der Waals surface area contributed by atoms with E-state index in [1.54, 1.807) is 24.3 Å². The minimum absolute atomic E-state index is 0.0373. The summed E-state index contributed by atoms with van der Waals surface area (Å²) in [6.07, 6.45) is 1.99. The van der Waals surface area contributed by atoms with Crippen LogP contribution >= 0.6 is 0 Å². The maximum absolute atomic E-state index is 11.9. The molecule has 0 unspecified atom stereocenters. The Morgan fingerprint density at radius 2 is 1.75 bits per heavy atom. The van der Waals surface area contributed by atoms with Crippen LogP contribution in [0.5, 0.6) is 0 Å². The average molecular weight is 333 g/mol. The minimum atomic E-state index is -0.565. The molecule has 0 heterocycles. The largest absolute Gasteiger partial charge is 0.452 e. The van der Waals surface area contributed by atoms with Gasteiger partial charge >= 0.3 is 5.97 Å². The van der Waals surface area contributed by atoms with E-state index in [1.165, 1.54) is 11.9 Å². The molecule has 7 nitrogen and oxygen atoms in total.